The zero-order chi connectivity index (χ0) is 11.0. The highest BCUT2D eigenvalue weighted by molar-refractivity contribution is 8.01. The second kappa shape index (κ2) is 3.89. The maximum atomic E-state index is 11.8. The number of hydrogen-bond donors (Lipinski definition) is 1. The Labute approximate surface area is 94.4 Å². The molecule has 0 radical (unpaired) electrons. The summed E-state index contributed by atoms with van der Waals surface area (Å²) in [5, 5.41) is 3.00. The largest absolute Gasteiger partial charge is 0.324 e. The lowest BCUT2D eigenvalue weighted by Gasteiger charge is -2.26. The van der Waals surface area contributed by atoms with E-state index in [2.05, 4.69) is 32.2 Å². The number of anilines is 1. The molecule has 0 bridgehead atoms. The fourth-order valence-electron chi connectivity index (χ4n) is 1.66. The highest BCUT2D eigenvalue weighted by Crippen LogP contribution is 2.38. The highest BCUT2D eigenvalue weighted by atomic mass is 32.2. The normalized spacial score (nSPS) is 20.0. The van der Waals surface area contributed by atoms with Gasteiger partial charge in [0.1, 0.15) is 0 Å². The molecule has 15 heavy (non-hydrogen) atoms. The number of thioether (sulfide) groups is 1. The quantitative estimate of drug-likeness (QED) is 0.789. The molecular formula is C12H15NOS. The molecule has 1 aromatic rings. The van der Waals surface area contributed by atoms with Gasteiger partial charge >= 0.3 is 0 Å². The number of amides is 1. The van der Waals surface area contributed by atoms with Crippen molar-refractivity contribution in [1.29, 1.82) is 0 Å². The maximum Gasteiger partial charge on any atom is 0.238 e. The molecule has 1 unspecified atom stereocenters. The molecule has 1 aromatic carbocycles. The summed E-state index contributed by atoms with van der Waals surface area (Å²) in [6.07, 6.45) is 0. The Morgan fingerprint density at radius 2 is 2.13 bits per heavy atom. The van der Waals surface area contributed by atoms with E-state index >= 15 is 0 Å². The van der Waals surface area contributed by atoms with Gasteiger partial charge in [-0.15, -0.1) is 11.8 Å². The molecule has 80 valence electrons. The molecule has 0 fully saturated rings. The molecule has 1 aliphatic rings. The van der Waals surface area contributed by atoms with Gasteiger partial charge in [-0.25, -0.2) is 0 Å². The first-order valence-electron chi connectivity index (χ1n) is 5.16. The average molecular weight is 221 g/mol. The molecule has 2 nitrogen and oxygen atoms in total. The number of hydrogen-bond acceptors (Lipinski definition) is 2. The zero-order valence-corrected chi connectivity index (χ0v) is 10.0. The fourth-order valence-corrected chi connectivity index (χ4v) is 2.88. The molecule has 1 heterocycles. The SMILES string of the molecule is Cc1ccc2c(c1)SC(C(C)C)C(=O)N2. The first kappa shape index (κ1) is 10.6. The first-order valence-corrected chi connectivity index (χ1v) is 6.04. The maximum absolute atomic E-state index is 11.8. The van der Waals surface area contributed by atoms with Gasteiger partial charge in [-0.2, -0.15) is 0 Å². The van der Waals surface area contributed by atoms with Crippen molar-refractivity contribution in [2.45, 2.75) is 30.9 Å². The van der Waals surface area contributed by atoms with E-state index in [0.717, 1.165) is 5.69 Å². The Bertz CT molecular complexity index is 401. The van der Waals surface area contributed by atoms with Gasteiger partial charge in [-0.1, -0.05) is 19.9 Å². The van der Waals surface area contributed by atoms with E-state index in [1.807, 2.05) is 12.1 Å². The van der Waals surface area contributed by atoms with E-state index in [1.165, 1.54) is 10.5 Å². The Kier molecular flexibility index (Phi) is 2.74. The van der Waals surface area contributed by atoms with Crippen molar-refractivity contribution in [2.75, 3.05) is 5.32 Å². The summed E-state index contributed by atoms with van der Waals surface area (Å²) in [4.78, 5) is 12.9. The molecule has 0 saturated carbocycles. The summed E-state index contributed by atoms with van der Waals surface area (Å²) >= 11 is 1.68. The minimum atomic E-state index is 0.0410. The Morgan fingerprint density at radius 3 is 2.80 bits per heavy atom. The predicted molar refractivity (Wildman–Crippen MR) is 64.3 cm³/mol. The van der Waals surface area contributed by atoms with Gasteiger partial charge in [0.05, 0.1) is 10.9 Å². The van der Waals surface area contributed by atoms with Crippen LogP contribution in [0, 0.1) is 12.8 Å². The third-order valence-corrected chi connectivity index (χ3v) is 4.12. The standard InChI is InChI=1S/C12H15NOS/c1-7(2)11-12(14)13-9-5-4-8(3)6-10(9)15-11/h4-7,11H,1-3H3,(H,13,14). The Morgan fingerprint density at radius 1 is 1.40 bits per heavy atom. The number of fused-ring (bicyclic) bond motifs is 1. The summed E-state index contributed by atoms with van der Waals surface area (Å²) in [6, 6.07) is 6.14. The Hall–Kier alpha value is -0.960. The molecule has 1 amide bonds. The van der Waals surface area contributed by atoms with Crippen LogP contribution in [0.5, 0.6) is 0 Å². The minimum absolute atomic E-state index is 0.0410. The van der Waals surface area contributed by atoms with Gasteiger partial charge in [0.15, 0.2) is 0 Å². The van der Waals surface area contributed by atoms with E-state index in [4.69, 9.17) is 0 Å². The third-order valence-electron chi connectivity index (χ3n) is 2.51. The number of rotatable bonds is 1. The van der Waals surface area contributed by atoms with Gasteiger partial charge in [-0.3, -0.25) is 4.79 Å². The van der Waals surface area contributed by atoms with Crippen molar-refractivity contribution in [2.24, 2.45) is 5.92 Å². The first-order chi connectivity index (χ1) is 7.08. The summed E-state index contributed by atoms with van der Waals surface area (Å²) in [6.45, 7) is 6.23. The number of aryl methyl sites for hydroxylation is 1. The van der Waals surface area contributed by atoms with Crippen LogP contribution in [0.25, 0.3) is 0 Å². The minimum Gasteiger partial charge on any atom is -0.324 e. The molecule has 0 saturated heterocycles. The molecule has 3 heteroatoms. The topological polar surface area (TPSA) is 29.1 Å². The van der Waals surface area contributed by atoms with Crippen LogP contribution in [0.2, 0.25) is 0 Å². The summed E-state index contributed by atoms with van der Waals surface area (Å²) in [5.74, 6) is 0.495. The highest BCUT2D eigenvalue weighted by Gasteiger charge is 2.29. The van der Waals surface area contributed by atoms with Crippen LogP contribution in [0.4, 0.5) is 5.69 Å². The van der Waals surface area contributed by atoms with E-state index in [-0.39, 0.29) is 11.2 Å². The second-order valence-corrected chi connectivity index (χ2v) is 5.45. The lowest BCUT2D eigenvalue weighted by Crippen LogP contribution is -2.32. The molecule has 0 aliphatic carbocycles. The van der Waals surface area contributed by atoms with Gasteiger partial charge < -0.3 is 5.32 Å². The molecule has 1 aliphatic heterocycles. The van der Waals surface area contributed by atoms with E-state index in [1.54, 1.807) is 11.8 Å². The van der Waals surface area contributed by atoms with Crippen LogP contribution < -0.4 is 5.32 Å². The Balaban J connectivity index is 2.34. The van der Waals surface area contributed by atoms with Crippen LogP contribution in [0.3, 0.4) is 0 Å². The zero-order valence-electron chi connectivity index (χ0n) is 9.20. The van der Waals surface area contributed by atoms with Crippen molar-refractivity contribution < 1.29 is 4.79 Å². The smallest absolute Gasteiger partial charge is 0.238 e. The fraction of sp³-hybridized carbons (Fsp3) is 0.417. The summed E-state index contributed by atoms with van der Waals surface area (Å²) in [7, 11) is 0. The van der Waals surface area contributed by atoms with Gasteiger partial charge in [-0.05, 0) is 30.5 Å². The second-order valence-electron chi connectivity index (χ2n) is 4.27. The van der Waals surface area contributed by atoms with Crippen molar-refractivity contribution in [3.05, 3.63) is 23.8 Å². The van der Waals surface area contributed by atoms with Crippen LogP contribution in [-0.4, -0.2) is 11.2 Å². The van der Waals surface area contributed by atoms with Crippen molar-refractivity contribution in [3.63, 3.8) is 0 Å². The average Bonchev–Trinajstić information content (AvgIpc) is 2.17. The van der Waals surface area contributed by atoms with Crippen LogP contribution in [-0.2, 0) is 4.79 Å². The number of carbonyl (C=O) groups excluding carboxylic acids is 1. The number of benzene rings is 1. The summed E-state index contributed by atoms with van der Waals surface area (Å²) < 4.78 is 0. The monoisotopic (exact) mass is 221 g/mol. The molecule has 0 aromatic heterocycles. The van der Waals surface area contributed by atoms with Gasteiger partial charge in [0.2, 0.25) is 5.91 Å². The van der Waals surface area contributed by atoms with E-state index < -0.39 is 0 Å². The lowest BCUT2D eigenvalue weighted by atomic mass is 10.1. The molecule has 2 rings (SSSR count). The molecule has 1 atom stereocenters. The van der Waals surface area contributed by atoms with E-state index in [0.29, 0.717) is 5.92 Å². The third kappa shape index (κ3) is 2.02. The lowest BCUT2D eigenvalue weighted by molar-refractivity contribution is -0.116. The van der Waals surface area contributed by atoms with Gasteiger partial charge in [0.25, 0.3) is 0 Å². The summed E-state index contributed by atoms with van der Waals surface area (Å²) in [5.41, 5.74) is 2.19. The van der Waals surface area contributed by atoms with Crippen LogP contribution >= 0.6 is 11.8 Å². The van der Waals surface area contributed by atoms with Crippen LogP contribution in [0.1, 0.15) is 19.4 Å². The number of nitrogens with one attached hydrogen (secondary N) is 1. The van der Waals surface area contributed by atoms with Crippen molar-refractivity contribution in [1.82, 2.24) is 0 Å². The molecule has 1 N–H and O–H groups in total. The van der Waals surface area contributed by atoms with Crippen molar-refractivity contribution >= 4 is 23.4 Å². The van der Waals surface area contributed by atoms with E-state index in [9.17, 15) is 4.79 Å². The predicted octanol–water partition coefficient (Wildman–Crippen LogP) is 3.06. The van der Waals surface area contributed by atoms with Crippen LogP contribution in [0.15, 0.2) is 23.1 Å². The number of carbonyl (C=O) groups is 1. The van der Waals surface area contributed by atoms with Crippen molar-refractivity contribution in [3.8, 4) is 0 Å². The van der Waals surface area contributed by atoms with Gasteiger partial charge in [0, 0.05) is 4.90 Å². The molecular weight excluding hydrogens is 206 g/mol. The molecule has 0 spiro atoms.